The van der Waals surface area contributed by atoms with E-state index in [0.29, 0.717) is 22.4 Å². The Labute approximate surface area is 165 Å². The van der Waals surface area contributed by atoms with Crippen molar-refractivity contribution in [1.29, 1.82) is 0 Å². The predicted molar refractivity (Wildman–Crippen MR) is 107 cm³/mol. The minimum atomic E-state index is -0.181. The van der Waals surface area contributed by atoms with Gasteiger partial charge in [-0.3, -0.25) is 10.2 Å². The third-order valence-electron chi connectivity index (χ3n) is 4.59. The van der Waals surface area contributed by atoms with E-state index >= 15 is 0 Å². The maximum Gasteiger partial charge on any atom is 0.269 e. The van der Waals surface area contributed by atoms with Crippen LogP contribution in [0.5, 0.6) is 5.75 Å². The molecule has 140 valence electrons. The van der Waals surface area contributed by atoms with Gasteiger partial charge in [-0.25, -0.2) is 5.01 Å². The van der Waals surface area contributed by atoms with E-state index in [1.54, 1.807) is 25.3 Å². The lowest BCUT2D eigenvalue weighted by molar-refractivity contribution is 0.0571. The summed E-state index contributed by atoms with van der Waals surface area (Å²) in [7, 11) is 1.55. The SMILES string of the molecule is COc1ccc(Cl)cc1C(=O)NN1CCCCC1Cc1ccccc1.Cl. The molecule has 4 nitrogen and oxygen atoms in total. The van der Waals surface area contributed by atoms with Crippen LogP contribution in [0.4, 0.5) is 0 Å². The van der Waals surface area contributed by atoms with Gasteiger partial charge in [0.15, 0.2) is 0 Å². The second-order valence-corrected chi connectivity index (χ2v) is 6.75. The minimum Gasteiger partial charge on any atom is -0.496 e. The third-order valence-corrected chi connectivity index (χ3v) is 4.83. The Morgan fingerprint density at radius 3 is 2.73 bits per heavy atom. The number of nitrogens with zero attached hydrogens (tertiary/aromatic N) is 1. The smallest absolute Gasteiger partial charge is 0.269 e. The Bertz CT molecular complexity index is 725. The molecule has 1 amide bonds. The Balaban J connectivity index is 0.00000243. The maximum atomic E-state index is 12.8. The van der Waals surface area contributed by atoms with Gasteiger partial charge in [0.2, 0.25) is 0 Å². The second kappa shape index (κ2) is 9.81. The van der Waals surface area contributed by atoms with Crippen molar-refractivity contribution in [2.45, 2.75) is 31.7 Å². The topological polar surface area (TPSA) is 41.6 Å². The van der Waals surface area contributed by atoms with Crippen LogP contribution in [-0.4, -0.2) is 30.6 Å². The Hall–Kier alpha value is -1.75. The molecule has 0 saturated carbocycles. The summed E-state index contributed by atoms with van der Waals surface area (Å²) in [5.41, 5.74) is 4.81. The van der Waals surface area contributed by atoms with Gasteiger partial charge in [0.25, 0.3) is 5.91 Å². The largest absolute Gasteiger partial charge is 0.496 e. The molecule has 1 fully saturated rings. The van der Waals surface area contributed by atoms with Gasteiger partial charge in [-0.1, -0.05) is 48.4 Å². The van der Waals surface area contributed by atoms with Crippen molar-refractivity contribution in [3.8, 4) is 5.75 Å². The van der Waals surface area contributed by atoms with Crippen LogP contribution in [0.25, 0.3) is 0 Å². The first kappa shape index (κ1) is 20.6. The lowest BCUT2D eigenvalue weighted by atomic mass is 9.97. The van der Waals surface area contributed by atoms with E-state index < -0.39 is 0 Å². The minimum absolute atomic E-state index is 0. The molecule has 1 atom stereocenters. The second-order valence-electron chi connectivity index (χ2n) is 6.32. The number of benzene rings is 2. The van der Waals surface area contributed by atoms with E-state index in [1.807, 2.05) is 6.07 Å². The monoisotopic (exact) mass is 394 g/mol. The standard InChI is InChI=1S/C20H23ClN2O2.ClH/c1-25-19-11-10-16(21)14-18(19)20(24)22-23-12-6-5-9-17(23)13-15-7-3-2-4-8-15;/h2-4,7-8,10-11,14,17H,5-6,9,12-13H2,1H3,(H,22,24);1H. The molecule has 26 heavy (non-hydrogen) atoms. The van der Waals surface area contributed by atoms with Gasteiger partial charge in [0, 0.05) is 17.6 Å². The Morgan fingerprint density at radius 1 is 1.23 bits per heavy atom. The molecule has 1 heterocycles. The number of methoxy groups -OCH3 is 1. The van der Waals surface area contributed by atoms with Gasteiger partial charge >= 0.3 is 0 Å². The summed E-state index contributed by atoms with van der Waals surface area (Å²) in [5.74, 6) is 0.345. The van der Waals surface area contributed by atoms with Gasteiger partial charge in [-0.15, -0.1) is 12.4 Å². The number of nitrogens with one attached hydrogen (secondary N) is 1. The van der Waals surface area contributed by atoms with E-state index in [2.05, 4.69) is 34.7 Å². The zero-order valence-corrected chi connectivity index (χ0v) is 16.4. The summed E-state index contributed by atoms with van der Waals surface area (Å²) < 4.78 is 5.30. The predicted octanol–water partition coefficient (Wildman–Crippen LogP) is 4.51. The van der Waals surface area contributed by atoms with Crippen molar-refractivity contribution in [2.24, 2.45) is 0 Å². The molecular weight excluding hydrogens is 371 g/mol. The molecule has 3 rings (SSSR count). The number of hydrogen-bond acceptors (Lipinski definition) is 3. The number of hydrazine groups is 1. The van der Waals surface area contributed by atoms with Crippen LogP contribution < -0.4 is 10.2 Å². The zero-order valence-electron chi connectivity index (χ0n) is 14.8. The molecule has 1 aliphatic rings. The highest BCUT2D eigenvalue weighted by atomic mass is 35.5. The summed E-state index contributed by atoms with van der Waals surface area (Å²) in [6, 6.07) is 15.8. The number of piperidine rings is 1. The normalized spacial score (nSPS) is 17.2. The molecule has 1 saturated heterocycles. The fourth-order valence-corrected chi connectivity index (χ4v) is 3.47. The number of hydrogen-bond donors (Lipinski definition) is 1. The number of rotatable bonds is 5. The summed E-state index contributed by atoms with van der Waals surface area (Å²) in [4.78, 5) is 12.8. The van der Waals surface area contributed by atoms with Crippen molar-refractivity contribution >= 4 is 29.9 Å². The summed E-state index contributed by atoms with van der Waals surface area (Å²) >= 11 is 6.05. The van der Waals surface area contributed by atoms with E-state index in [4.69, 9.17) is 16.3 Å². The van der Waals surface area contributed by atoms with Crippen LogP contribution in [0.15, 0.2) is 48.5 Å². The van der Waals surface area contributed by atoms with Crippen LogP contribution in [0, 0.1) is 0 Å². The lowest BCUT2D eigenvalue weighted by Gasteiger charge is -2.36. The first-order chi connectivity index (χ1) is 12.2. The average Bonchev–Trinajstić information content (AvgIpc) is 2.64. The van der Waals surface area contributed by atoms with Crippen molar-refractivity contribution in [1.82, 2.24) is 10.4 Å². The quantitative estimate of drug-likeness (QED) is 0.810. The molecule has 6 heteroatoms. The van der Waals surface area contributed by atoms with Crippen molar-refractivity contribution in [3.05, 3.63) is 64.7 Å². The molecule has 0 spiro atoms. The molecule has 0 aromatic heterocycles. The van der Waals surface area contributed by atoms with E-state index in [9.17, 15) is 4.79 Å². The highest BCUT2D eigenvalue weighted by Gasteiger charge is 2.25. The van der Waals surface area contributed by atoms with Crippen LogP contribution in [-0.2, 0) is 6.42 Å². The van der Waals surface area contributed by atoms with Crippen LogP contribution in [0.1, 0.15) is 35.2 Å². The van der Waals surface area contributed by atoms with Gasteiger partial charge in [-0.05, 0) is 43.0 Å². The molecule has 2 aromatic rings. The van der Waals surface area contributed by atoms with Gasteiger partial charge in [0.1, 0.15) is 5.75 Å². The zero-order chi connectivity index (χ0) is 17.6. The maximum absolute atomic E-state index is 12.8. The molecule has 0 aliphatic carbocycles. The first-order valence-corrected chi connectivity index (χ1v) is 9.00. The highest BCUT2D eigenvalue weighted by molar-refractivity contribution is 6.31. The summed E-state index contributed by atoms with van der Waals surface area (Å²) in [6.07, 6.45) is 4.26. The van der Waals surface area contributed by atoms with Crippen LogP contribution in [0.3, 0.4) is 0 Å². The number of ether oxygens (including phenoxy) is 1. The van der Waals surface area contributed by atoms with Crippen LogP contribution >= 0.6 is 24.0 Å². The molecule has 1 unspecified atom stereocenters. The van der Waals surface area contributed by atoms with E-state index in [1.165, 1.54) is 12.0 Å². The molecule has 0 radical (unpaired) electrons. The van der Waals surface area contributed by atoms with Gasteiger partial charge in [-0.2, -0.15) is 0 Å². The molecule has 1 aliphatic heterocycles. The number of amides is 1. The van der Waals surface area contributed by atoms with Crippen molar-refractivity contribution in [3.63, 3.8) is 0 Å². The molecule has 2 aromatic carbocycles. The van der Waals surface area contributed by atoms with E-state index in [0.717, 1.165) is 25.8 Å². The van der Waals surface area contributed by atoms with Crippen LogP contribution in [0.2, 0.25) is 5.02 Å². The number of carbonyl (C=O) groups is 1. The van der Waals surface area contributed by atoms with E-state index in [-0.39, 0.29) is 18.3 Å². The van der Waals surface area contributed by atoms with Crippen molar-refractivity contribution < 1.29 is 9.53 Å². The Morgan fingerprint density at radius 2 is 2.00 bits per heavy atom. The molecular formula is C20H24Cl2N2O2. The fourth-order valence-electron chi connectivity index (χ4n) is 3.29. The molecule has 1 N–H and O–H groups in total. The summed E-state index contributed by atoms with van der Waals surface area (Å²) in [6.45, 7) is 0.853. The first-order valence-electron chi connectivity index (χ1n) is 8.62. The third kappa shape index (κ3) is 5.13. The van der Waals surface area contributed by atoms with Crippen molar-refractivity contribution in [2.75, 3.05) is 13.7 Å². The number of carbonyl (C=O) groups excluding carboxylic acids is 1. The highest BCUT2D eigenvalue weighted by Crippen LogP contribution is 2.24. The average molecular weight is 395 g/mol. The molecule has 0 bridgehead atoms. The van der Waals surface area contributed by atoms with Gasteiger partial charge < -0.3 is 4.74 Å². The number of halogens is 2. The summed E-state index contributed by atoms with van der Waals surface area (Å²) in [5, 5.41) is 2.59. The Kier molecular flexibility index (Phi) is 7.76. The van der Waals surface area contributed by atoms with Gasteiger partial charge in [0.05, 0.1) is 12.7 Å². The lowest BCUT2D eigenvalue weighted by Crippen LogP contribution is -2.51. The fraction of sp³-hybridized carbons (Fsp3) is 0.350.